The van der Waals surface area contributed by atoms with Gasteiger partial charge >= 0.3 is 0 Å². The van der Waals surface area contributed by atoms with Gasteiger partial charge in [0.1, 0.15) is 6.07 Å². The summed E-state index contributed by atoms with van der Waals surface area (Å²) in [5.41, 5.74) is 3.00. The molecule has 0 saturated heterocycles. The molecule has 2 saturated carbocycles. The third-order valence-electron chi connectivity index (χ3n) is 7.42. The van der Waals surface area contributed by atoms with Crippen LogP contribution in [0.5, 0.6) is 0 Å². The van der Waals surface area contributed by atoms with Crippen LogP contribution in [-0.2, 0) is 6.42 Å². The highest BCUT2D eigenvalue weighted by molar-refractivity contribution is 5.25. The Hall–Kier alpha value is -1.88. The predicted molar refractivity (Wildman–Crippen MR) is 119 cm³/mol. The van der Waals surface area contributed by atoms with Gasteiger partial charge in [-0.05, 0) is 98.7 Å². The summed E-state index contributed by atoms with van der Waals surface area (Å²) in [7, 11) is 0. The molecule has 2 aliphatic rings. The monoisotopic (exact) mass is 393 g/mol. The molecule has 0 N–H and O–H groups in total. The van der Waals surface area contributed by atoms with E-state index in [9.17, 15) is 4.39 Å². The summed E-state index contributed by atoms with van der Waals surface area (Å²) in [6, 6.07) is 10.9. The summed E-state index contributed by atoms with van der Waals surface area (Å²) in [6.45, 7) is 2.22. The average molecular weight is 394 g/mol. The van der Waals surface area contributed by atoms with Gasteiger partial charge in [-0.2, -0.15) is 9.65 Å². The van der Waals surface area contributed by atoms with Crippen molar-refractivity contribution in [2.75, 3.05) is 0 Å². The lowest BCUT2D eigenvalue weighted by atomic mass is 9.68. The van der Waals surface area contributed by atoms with E-state index in [0.717, 1.165) is 36.5 Å². The third-order valence-corrected chi connectivity index (χ3v) is 7.42. The van der Waals surface area contributed by atoms with Gasteiger partial charge in [0.05, 0.1) is 0 Å². The van der Waals surface area contributed by atoms with Crippen molar-refractivity contribution < 1.29 is 4.39 Å². The van der Waals surface area contributed by atoms with Crippen molar-refractivity contribution in [3.8, 4) is 6.07 Å². The molecule has 3 rings (SSSR count). The molecule has 0 heterocycles. The van der Waals surface area contributed by atoms with Gasteiger partial charge < -0.3 is 0 Å². The van der Waals surface area contributed by atoms with Gasteiger partial charge in [0, 0.05) is 0 Å². The van der Waals surface area contributed by atoms with E-state index in [0.29, 0.717) is 0 Å². The molecule has 0 amide bonds. The van der Waals surface area contributed by atoms with E-state index >= 15 is 0 Å². The smallest absolute Gasteiger partial charge is 0.195 e. The maximum atomic E-state index is 12.7. The van der Waals surface area contributed by atoms with Crippen LogP contribution in [0.1, 0.15) is 88.2 Å². The van der Waals surface area contributed by atoms with Gasteiger partial charge in [0.2, 0.25) is 0 Å². The van der Waals surface area contributed by atoms with Gasteiger partial charge in [-0.3, -0.25) is 0 Å². The normalized spacial score (nSPS) is 28.4. The Kier molecular flexibility index (Phi) is 8.53. The van der Waals surface area contributed by atoms with Crippen LogP contribution < -0.4 is 0 Å². The highest BCUT2D eigenvalue weighted by atomic mass is 19.1. The molecule has 156 valence electrons. The van der Waals surface area contributed by atoms with Crippen molar-refractivity contribution in [2.24, 2.45) is 17.8 Å². The van der Waals surface area contributed by atoms with Crippen LogP contribution in [0.15, 0.2) is 48.3 Å². The van der Waals surface area contributed by atoms with Crippen molar-refractivity contribution in [1.82, 2.24) is 0 Å². The lowest BCUT2D eigenvalue weighted by Crippen LogP contribution is -2.25. The number of nitrogens with zero attached hydrogens (tertiary/aromatic N) is 1. The lowest BCUT2D eigenvalue weighted by Gasteiger charge is -2.38. The number of aryl methyl sites for hydroxylation is 1. The maximum absolute atomic E-state index is 12.7. The Bertz CT molecular complexity index is 708. The van der Waals surface area contributed by atoms with Crippen LogP contribution in [0.2, 0.25) is 0 Å². The zero-order valence-corrected chi connectivity index (χ0v) is 18.0. The van der Waals surface area contributed by atoms with Gasteiger partial charge in [0.15, 0.2) is 5.83 Å². The van der Waals surface area contributed by atoms with Crippen molar-refractivity contribution in [1.29, 1.82) is 5.26 Å². The number of nitriles is 1. The number of rotatable bonds is 7. The SMILES string of the molecule is CCc1ccc(C2CCC(C3CCC(CC/C=C/C=C(\F)C#N)CC3)CC2)cc1. The average Bonchev–Trinajstić information content (AvgIpc) is 2.79. The highest BCUT2D eigenvalue weighted by Crippen LogP contribution is 2.44. The van der Waals surface area contributed by atoms with Gasteiger partial charge in [0.25, 0.3) is 0 Å². The minimum absolute atomic E-state index is 0.713. The van der Waals surface area contributed by atoms with Crippen LogP contribution in [0.4, 0.5) is 4.39 Å². The number of hydrogen-bond acceptors (Lipinski definition) is 1. The van der Waals surface area contributed by atoms with Crippen LogP contribution >= 0.6 is 0 Å². The van der Waals surface area contributed by atoms with E-state index < -0.39 is 5.83 Å². The molecular weight excluding hydrogens is 357 g/mol. The number of halogens is 1. The van der Waals surface area contributed by atoms with Crippen molar-refractivity contribution in [2.45, 2.75) is 83.5 Å². The molecule has 0 bridgehead atoms. The summed E-state index contributed by atoms with van der Waals surface area (Å²) in [6.07, 6.45) is 19.3. The summed E-state index contributed by atoms with van der Waals surface area (Å²) in [5, 5.41) is 8.39. The fourth-order valence-corrected chi connectivity index (χ4v) is 5.52. The van der Waals surface area contributed by atoms with E-state index in [4.69, 9.17) is 5.26 Å². The zero-order valence-electron chi connectivity index (χ0n) is 18.0. The van der Waals surface area contributed by atoms with Crippen LogP contribution in [0, 0.1) is 29.1 Å². The second-order valence-electron chi connectivity index (χ2n) is 9.12. The van der Waals surface area contributed by atoms with Gasteiger partial charge in [-0.1, -0.05) is 56.2 Å². The summed E-state index contributed by atoms with van der Waals surface area (Å²) < 4.78 is 12.7. The molecule has 0 atom stereocenters. The minimum Gasteiger partial charge on any atom is -0.195 e. The Morgan fingerprint density at radius 2 is 1.62 bits per heavy atom. The molecule has 0 unspecified atom stereocenters. The van der Waals surface area contributed by atoms with Crippen molar-refractivity contribution >= 4 is 0 Å². The fourth-order valence-electron chi connectivity index (χ4n) is 5.52. The molecule has 2 aliphatic carbocycles. The molecule has 0 aliphatic heterocycles. The van der Waals surface area contributed by atoms with E-state index in [-0.39, 0.29) is 0 Å². The summed E-state index contributed by atoms with van der Waals surface area (Å²) in [5.74, 6) is 2.78. The van der Waals surface area contributed by atoms with Crippen LogP contribution in [-0.4, -0.2) is 0 Å². The van der Waals surface area contributed by atoms with E-state index in [1.807, 2.05) is 6.08 Å². The first-order valence-electron chi connectivity index (χ1n) is 11.7. The standard InChI is InChI=1S/C27H36FN/c1-2-21-8-12-23(13-9-21)25-16-18-26(19-17-25)24-14-10-22(11-15-24)6-4-3-5-7-27(28)20-29/h3,5,7-9,12-13,22,24-26H,2,4,6,10-11,14-19H2,1H3/b5-3+,27-7-. The second-order valence-corrected chi connectivity index (χ2v) is 9.12. The first-order chi connectivity index (χ1) is 14.2. The molecule has 1 nitrogen and oxygen atoms in total. The molecule has 2 fully saturated rings. The molecule has 29 heavy (non-hydrogen) atoms. The largest absolute Gasteiger partial charge is 0.199 e. The quantitative estimate of drug-likeness (QED) is 0.339. The lowest BCUT2D eigenvalue weighted by molar-refractivity contribution is 0.157. The Morgan fingerprint density at radius 3 is 2.21 bits per heavy atom. The highest BCUT2D eigenvalue weighted by Gasteiger charge is 2.31. The molecule has 0 spiro atoms. The molecular formula is C27H36FN. The minimum atomic E-state index is -0.713. The number of allylic oxidation sites excluding steroid dienone is 4. The van der Waals surface area contributed by atoms with E-state index in [1.165, 1.54) is 75.5 Å². The fraction of sp³-hybridized carbons (Fsp3) is 0.593. The molecule has 1 aromatic rings. The number of hydrogen-bond donors (Lipinski definition) is 0. The summed E-state index contributed by atoms with van der Waals surface area (Å²) >= 11 is 0. The Morgan fingerprint density at radius 1 is 1.00 bits per heavy atom. The zero-order chi connectivity index (χ0) is 20.5. The first kappa shape index (κ1) is 21.8. The van der Waals surface area contributed by atoms with E-state index in [2.05, 4.69) is 31.2 Å². The molecule has 2 heteroatoms. The van der Waals surface area contributed by atoms with E-state index in [1.54, 1.807) is 11.6 Å². The van der Waals surface area contributed by atoms with Crippen LogP contribution in [0.25, 0.3) is 0 Å². The predicted octanol–water partition coefficient (Wildman–Crippen LogP) is 8.04. The molecule has 1 aromatic carbocycles. The van der Waals surface area contributed by atoms with Gasteiger partial charge in [-0.15, -0.1) is 0 Å². The molecule has 0 radical (unpaired) electrons. The van der Waals surface area contributed by atoms with Crippen molar-refractivity contribution in [3.05, 3.63) is 59.4 Å². The summed E-state index contributed by atoms with van der Waals surface area (Å²) in [4.78, 5) is 0. The topological polar surface area (TPSA) is 23.8 Å². The van der Waals surface area contributed by atoms with Crippen LogP contribution in [0.3, 0.4) is 0 Å². The second kappa shape index (κ2) is 11.3. The van der Waals surface area contributed by atoms with Gasteiger partial charge in [-0.25, -0.2) is 0 Å². The maximum Gasteiger partial charge on any atom is 0.199 e. The number of benzene rings is 1. The first-order valence-corrected chi connectivity index (χ1v) is 11.7. The Balaban J connectivity index is 1.36. The Labute approximate surface area is 176 Å². The van der Waals surface area contributed by atoms with Crippen molar-refractivity contribution in [3.63, 3.8) is 0 Å². The third kappa shape index (κ3) is 6.56. The molecule has 0 aromatic heterocycles.